The van der Waals surface area contributed by atoms with Crippen LogP contribution in [0.1, 0.15) is 25.7 Å². The fourth-order valence-electron chi connectivity index (χ4n) is 1.13. The van der Waals surface area contributed by atoms with E-state index in [1.807, 2.05) is 0 Å². The maximum atomic E-state index is 8.36. The number of rotatable bonds is 0. The van der Waals surface area contributed by atoms with Gasteiger partial charge in [0.25, 0.3) is 5.09 Å². The van der Waals surface area contributed by atoms with Crippen LogP contribution in [0.15, 0.2) is 0 Å². The molecule has 2 unspecified atom stereocenters. The SMILES string of the molecule is O=[N+]([O-])O.[NH-]C1CCCCC1[NH-].[Pt+2]. The molecule has 13 heavy (non-hydrogen) atoms. The fourth-order valence-corrected chi connectivity index (χ4v) is 1.13. The van der Waals surface area contributed by atoms with E-state index in [1.165, 1.54) is 12.8 Å². The van der Waals surface area contributed by atoms with E-state index < -0.39 is 5.09 Å². The molecule has 0 spiro atoms. The van der Waals surface area contributed by atoms with Crippen molar-refractivity contribution >= 4 is 0 Å². The van der Waals surface area contributed by atoms with E-state index >= 15 is 0 Å². The first-order valence-corrected chi connectivity index (χ1v) is 3.79. The van der Waals surface area contributed by atoms with Crippen LogP contribution < -0.4 is 0 Å². The summed E-state index contributed by atoms with van der Waals surface area (Å²) in [7, 11) is 0. The predicted octanol–water partition coefficient (Wildman–Crippen LogP) is 2.05. The number of hydrogen-bond donors (Lipinski definition) is 1. The molecule has 0 aromatic rings. The van der Waals surface area contributed by atoms with Crippen molar-refractivity contribution in [2.24, 2.45) is 0 Å². The van der Waals surface area contributed by atoms with E-state index in [0.717, 1.165) is 12.8 Å². The molecule has 0 aromatic carbocycles. The van der Waals surface area contributed by atoms with Gasteiger partial charge >= 0.3 is 21.1 Å². The Kier molecular flexibility index (Phi) is 9.89. The molecule has 1 aliphatic rings. The molecule has 1 saturated carbocycles. The maximum absolute atomic E-state index is 8.36. The van der Waals surface area contributed by atoms with Crippen LogP contribution in [0.5, 0.6) is 0 Å². The average molecular weight is 370 g/mol. The summed E-state index contributed by atoms with van der Waals surface area (Å²) in [4.78, 5) is 8.36. The molecule has 3 N–H and O–H groups in total. The molecule has 2 atom stereocenters. The first-order valence-electron chi connectivity index (χ1n) is 3.79. The van der Waals surface area contributed by atoms with Gasteiger partial charge in [-0.2, -0.15) is 12.1 Å². The molecule has 0 saturated heterocycles. The van der Waals surface area contributed by atoms with Gasteiger partial charge in [0.1, 0.15) is 0 Å². The van der Waals surface area contributed by atoms with Gasteiger partial charge in [-0.1, -0.05) is 25.7 Å². The van der Waals surface area contributed by atoms with Crippen molar-refractivity contribution in [3.63, 3.8) is 0 Å². The van der Waals surface area contributed by atoms with Crippen LogP contribution in [-0.4, -0.2) is 22.4 Å². The van der Waals surface area contributed by atoms with Gasteiger partial charge in [-0.3, -0.25) is 0 Å². The summed E-state index contributed by atoms with van der Waals surface area (Å²) in [5.74, 6) is 0. The van der Waals surface area contributed by atoms with E-state index in [9.17, 15) is 0 Å². The van der Waals surface area contributed by atoms with Crippen LogP contribution in [0.2, 0.25) is 0 Å². The number of nitrogens with zero attached hydrogens (tertiary/aromatic N) is 1. The van der Waals surface area contributed by atoms with E-state index in [0.29, 0.717) is 0 Å². The van der Waals surface area contributed by atoms with Gasteiger partial charge in [-0.05, 0) is 0 Å². The molecule has 0 heterocycles. The van der Waals surface area contributed by atoms with Crippen molar-refractivity contribution in [1.29, 1.82) is 0 Å². The van der Waals surface area contributed by atoms with Gasteiger partial charge in [0.15, 0.2) is 0 Å². The first-order chi connectivity index (χ1) is 5.54. The van der Waals surface area contributed by atoms with Crippen LogP contribution in [0.3, 0.4) is 0 Å². The molecule has 7 heteroatoms. The summed E-state index contributed by atoms with van der Waals surface area (Å²) in [6.07, 6.45) is 4.25. The van der Waals surface area contributed by atoms with Gasteiger partial charge < -0.3 is 16.7 Å². The summed E-state index contributed by atoms with van der Waals surface area (Å²) in [5, 5.41) is 13.6. The zero-order valence-electron chi connectivity index (χ0n) is 7.01. The second kappa shape index (κ2) is 8.41. The van der Waals surface area contributed by atoms with Crippen LogP contribution in [-0.2, 0) is 21.1 Å². The normalized spacial score (nSPS) is 26.3. The monoisotopic (exact) mass is 370 g/mol. The largest absolute Gasteiger partial charge is 2.00 e. The fraction of sp³-hybridized carbons (Fsp3) is 1.00. The van der Waals surface area contributed by atoms with Crippen LogP contribution >= 0.6 is 0 Å². The Bertz CT molecular complexity index is 133. The molecule has 0 aromatic heterocycles. The summed E-state index contributed by atoms with van der Waals surface area (Å²) < 4.78 is 0. The van der Waals surface area contributed by atoms with Gasteiger partial charge in [0, 0.05) is 0 Å². The van der Waals surface area contributed by atoms with Crippen molar-refractivity contribution in [1.82, 2.24) is 0 Å². The molecule has 0 radical (unpaired) electrons. The van der Waals surface area contributed by atoms with E-state index in [2.05, 4.69) is 0 Å². The molecule has 1 fully saturated rings. The molecule has 80 valence electrons. The van der Waals surface area contributed by atoms with E-state index in [-0.39, 0.29) is 33.1 Å². The molecule has 0 bridgehead atoms. The Balaban J connectivity index is 0. The van der Waals surface area contributed by atoms with Crippen molar-refractivity contribution in [2.45, 2.75) is 37.8 Å². The van der Waals surface area contributed by atoms with Crippen LogP contribution in [0.25, 0.3) is 11.5 Å². The second-order valence-corrected chi connectivity index (χ2v) is 2.74. The Morgan fingerprint density at radius 1 is 1.23 bits per heavy atom. The molecule has 0 aliphatic heterocycles. The number of hydrogen-bond acceptors (Lipinski definition) is 2. The molecular formula is C6H13N3O3Pt. The van der Waals surface area contributed by atoms with Gasteiger partial charge in [-0.25, -0.2) is 0 Å². The topological polar surface area (TPSA) is 111 Å². The summed E-state index contributed by atoms with van der Waals surface area (Å²) in [5.41, 5.74) is 14.6. The Morgan fingerprint density at radius 2 is 1.46 bits per heavy atom. The van der Waals surface area contributed by atoms with Crippen LogP contribution in [0, 0.1) is 10.1 Å². The zero-order chi connectivity index (χ0) is 9.56. The molecule has 0 amide bonds. The van der Waals surface area contributed by atoms with Crippen molar-refractivity contribution in [2.75, 3.05) is 0 Å². The van der Waals surface area contributed by atoms with Crippen molar-refractivity contribution in [3.8, 4) is 0 Å². The Labute approximate surface area is 91.0 Å². The third-order valence-corrected chi connectivity index (χ3v) is 1.77. The minimum absolute atomic E-state index is 0. The Morgan fingerprint density at radius 3 is 1.62 bits per heavy atom. The summed E-state index contributed by atoms with van der Waals surface area (Å²) in [6, 6.07) is -0.160. The molecule has 6 nitrogen and oxygen atoms in total. The summed E-state index contributed by atoms with van der Waals surface area (Å²) >= 11 is 0. The van der Waals surface area contributed by atoms with E-state index in [1.54, 1.807) is 0 Å². The number of nitrogens with one attached hydrogen (secondary N) is 2. The zero-order valence-corrected chi connectivity index (χ0v) is 9.28. The van der Waals surface area contributed by atoms with Gasteiger partial charge in [0.2, 0.25) is 0 Å². The average Bonchev–Trinajstić information content (AvgIpc) is 1.94. The van der Waals surface area contributed by atoms with Crippen molar-refractivity contribution in [3.05, 3.63) is 21.6 Å². The third kappa shape index (κ3) is 9.72. The van der Waals surface area contributed by atoms with Crippen LogP contribution in [0.4, 0.5) is 0 Å². The third-order valence-electron chi connectivity index (χ3n) is 1.77. The van der Waals surface area contributed by atoms with Crippen molar-refractivity contribution < 1.29 is 31.4 Å². The molecule has 1 aliphatic carbocycles. The minimum atomic E-state index is -1.50. The smallest absolute Gasteiger partial charge is 0.676 e. The van der Waals surface area contributed by atoms with E-state index in [4.69, 9.17) is 26.8 Å². The minimum Gasteiger partial charge on any atom is -0.676 e. The summed E-state index contributed by atoms with van der Waals surface area (Å²) in [6.45, 7) is 0. The standard InChI is InChI=1S/C6H12N2.HNO3.Pt/c7-5-3-1-2-4-6(5)8;2-1(3)4;/h5-8H,1-4H2;(H,2,3,4);/q-2;;+2. The maximum Gasteiger partial charge on any atom is 2.00 e. The van der Waals surface area contributed by atoms with Gasteiger partial charge in [0.05, 0.1) is 0 Å². The first kappa shape index (κ1) is 15.3. The molecule has 1 rings (SSSR count). The Hall–Kier alpha value is -0.192. The van der Waals surface area contributed by atoms with Gasteiger partial charge in [-0.15, -0.1) is 10.1 Å². The quantitative estimate of drug-likeness (QED) is 0.520. The predicted molar refractivity (Wildman–Crippen MR) is 43.5 cm³/mol. The molecular weight excluding hydrogens is 357 g/mol. The second-order valence-electron chi connectivity index (χ2n) is 2.74.